The number of aromatic nitrogens is 3. The number of fused-ring (bicyclic) bond motifs is 1. The van der Waals surface area contributed by atoms with Crippen molar-refractivity contribution in [2.24, 2.45) is 5.73 Å². The molecule has 0 radical (unpaired) electrons. The Labute approximate surface area is 199 Å². The number of carbonyl (C=O) groups is 1. The van der Waals surface area contributed by atoms with E-state index < -0.39 is 11.4 Å². The second-order valence-corrected chi connectivity index (χ2v) is 9.67. The van der Waals surface area contributed by atoms with Crippen LogP contribution in [-0.4, -0.2) is 45.1 Å². The predicted octanol–water partition coefficient (Wildman–Crippen LogP) is 3.68. The number of para-hydroxylation sites is 1. The van der Waals surface area contributed by atoms with Crippen LogP contribution in [-0.2, 0) is 12.1 Å². The van der Waals surface area contributed by atoms with Crippen molar-refractivity contribution in [1.82, 2.24) is 25.4 Å². The van der Waals surface area contributed by atoms with Gasteiger partial charge in [-0.3, -0.25) is 9.69 Å². The van der Waals surface area contributed by atoms with Crippen molar-refractivity contribution in [1.29, 1.82) is 0 Å². The van der Waals surface area contributed by atoms with E-state index in [1.807, 2.05) is 18.2 Å². The van der Waals surface area contributed by atoms with Crippen LogP contribution in [0.4, 0.5) is 4.39 Å². The second kappa shape index (κ2) is 9.72. The summed E-state index contributed by atoms with van der Waals surface area (Å²) in [6.07, 6.45) is 10.4. The predicted molar refractivity (Wildman–Crippen MR) is 128 cm³/mol. The number of pyridine rings is 1. The van der Waals surface area contributed by atoms with Gasteiger partial charge in [0.2, 0.25) is 0 Å². The summed E-state index contributed by atoms with van der Waals surface area (Å²) in [5, 5.41) is 11.7. The number of carbonyl (C=O) groups excluding carboxylic acids is 1. The summed E-state index contributed by atoms with van der Waals surface area (Å²) in [5.41, 5.74) is 8.71. The molecule has 1 aliphatic carbocycles. The highest BCUT2D eigenvalue weighted by atomic mass is 19.1. The van der Waals surface area contributed by atoms with Gasteiger partial charge in [0.15, 0.2) is 0 Å². The third-order valence-electron chi connectivity index (χ3n) is 7.35. The molecule has 0 bridgehead atoms. The number of amides is 1. The van der Waals surface area contributed by atoms with Gasteiger partial charge in [-0.05, 0) is 55.0 Å². The number of likely N-dealkylation sites (tertiary alicyclic amines) is 1. The lowest BCUT2D eigenvalue weighted by atomic mass is 9.83. The highest BCUT2D eigenvalue weighted by Crippen LogP contribution is 2.31. The molecular weight excluding hydrogens is 431 g/mol. The Hall–Kier alpha value is -2.97. The molecule has 1 amide bonds. The van der Waals surface area contributed by atoms with Crippen LogP contribution in [0.15, 0.2) is 42.7 Å². The summed E-state index contributed by atoms with van der Waals surface area (Å²) in [5.74, 6) is -0.626. The molecule has 0 unspecified atom stereocenters. The Morgan fingerprint density at radius 3 is 2.68 bits per heavy atom. The van der Waals surface area contributed by atoms with Crippen molar-refractivity contribution in [2.75, 3.05) is 13.1 Å². The summed E-state index contributed by atoms with van der Waals surface area (Å²) in [7, 11) is 0. The van der Waals surface area contributed by atoms with Crippen LogP contribution in [0.3, 0.4) is 0 Å². The standard InChI is InChI=1S/C26H31FN6O/c27-22-8-4-7-21-18(15-23(32-24(21)22)25(34)31-20-5-2-1-3-6-20)17-33-13-10-26(28,11-14-33)19-9-12-29-30-16-19/h4,7-9,12,15-16,20H,1-3,5-6,10-11,13-14,17,28H2,(H,31,34). The SMILES string of the molecule is NC1(c2ccnnc2)CCN(Cc2cc(C(=O)NC3CCCCC3)nc3c(F)cccc23)CC1. The number of benzene rings is 1. The van der Waals surface area contributed by atoms with Crippen molar-refractivity contribution < 1.29 is 9.18 Å². The zero-order valence-corrected chi connectivity index (χ0v) is 19.3. The number of nitrogens with one attached hydrogen (secondary N) is 1. The van der Waals surface area contributed by atoms with E-state index in [1.165, 1.54) is 12.5 Å². The number of hydrogen-bond acceptors (Lipinski definition) is 6. The molecule has 3 aromatic rings. The highest BCUT2D eigenvalue weighted by molar-refractivity contribution is 5.96. The topological polar surface area (TPSA) is 97.0 Å². The molecule has 34 heavy (non-hydrogen) atoms. The van der Waals surface area contributed by atoms with E-state index in [-0.39, 0.29) is 23.2 Å². The van der Waals surface area contributed by atoms with E-state index in [1.54, 1.807) is 18.5 Å². The minimum absolute atomic E-state index is 0.172. The largest absolute Gasteiger partial charge is 0.348 e. The average Bonchev–Trinajstić information content (AvgIpc) is 2.87. The number of piperidine rings is 1. The molecule has 3 N–H and O–H groups in total. The molecule has 5 rings (SSSR count). The fourth-order valence-corrected chi connectivity index (χ4v) is 5.26. The fraction of sp³-hybridized carbons (Fsp3) is 0.462. The molecule has 1 saturated carbocycles. The van der Waals surface area contributed by atoms with Crippen molar-refractivity contribution >= 4 is 16.8 Å². The van der Waals surface area contributed by atoms with Crippen LogP contribution in [0.25, 0.3) is 10.9 Å². The van der Waals surface area contributed by atoms with Crippen LogP contribution in [0.2, 0.25) is 0 Å². The van der Waals surface area contributed by atoms with E-state index >= 15 is 0 Å². The Bertz CT molecular complexity index is 1160. The maximum absolute atomic E-state index is 14.7. The first-order valence-electron chi connectivity index (χ1n) is 12.2. The van der Waals surface area contributed by atoms with Gasteiger partial charge in [0.25, 0.3) is 5.91 Å². The summed E-state index contributed by atoms with van der Waals surface area (Å²) in [4.78, 5) is 19.7. The monoisotopic (exact) mass is 462 g/mol. The number of hydrogen-bond donors (Lipinski definition) is 2. The first kappa shape index (κ1) is 22.8. The number of nitrogens with zero attached hydrogens (tertiary/aromatic N) is 4. The molecule has 178 valence electrons. The van der Waals surface area contributed by atoms with E-state index in [9.17, 15) is 9.18 Å². The molecule has 2 fully saturated rings. The van der Waals surface area contributed by atoms with Crippen molar-refractivity contribution in [2.45, 2.75) is 63.1 Å². The van der Waals surface area contributed by atoms with Crippen LogP contribution < -0.4 is 11.1 Å². The van der Waals surface area contributed by atoms with Crippen LogP contribution in [0.1, 0.15) is 66.6 Å². The number of nitrogens with two attached hydrogens (primary N) is 1. The summed E-state index contributed by atoms with van der Waals surface area (Å²) in [6.45, 7) is 2.19. The zero-order valence-electron chi connectivity index (χ0n) is 19.3. The Kier molecular flexibility index (Phi) is 6.52. The third kappa shape index (κ3) is 4.79. The van der Waals surface area contributed by atoms with Gasteiger partial charge in [-0.1, -0.05) is 31.4 Å². The van der Waals surface area contributed by atoms with Gasteiger partial charge in [0, 0.05) is 42.8 Å². The smallest absolute Gasteiger partial charge is 0.270 e. The zero-order chi connectivity index (χ0) is 23.5. The summed E-state index contributed by atoms with van der Waals surface area (Å²) < 4.78 is 14.7. The van der Waals surface area contributed by atoms with Crippen molar-refractivity contribution in [3.63, 3.8) is 0 Å². The van der Waals surface area contributed by atoms with E-state index in [4.69, 9.17) is 5.73 Å². The Morgan fingerprint density at radius 1 is 1.15 bits per heavy atom. The quantitative estimate of drug-likeness (QED) is 0.600. The van der Waals surface area contributed by atoms with E-state index in [0.717, 1.165) is 68.1 Å². The van der Waals surface area contributed by atoms with Crippen molar-refractivity contribution in [3.8, 4) is 0 Å². The minimum atomic E-state index is -0.427. The van der Waals surface area contributed by atoms with Crippen LogP contribution >= 0.6 is 0 Å². The van der Waals surface area contributed by atoms with Gasteiger partial charge < -0.3 is 11.1 Å². The number of rotatable bonds is 5. The molecular formula is C26H31FN6O. The first-order chi connectivity index (χ1) is 16.5. The van der Waals surface area contributed by atoms with Gasteiger partial charge in [-0.15, -0.1) is 0 Å². The first-order valence-corrected chi connectivity index (χ1v) is 12.2. The van der Waals surface area contributed by atoms with Gasteiger partial charge in [0.1, 0.15) is 17.0 Å². The normalized spacial score (nSPS) is 19.2. The molecule has 8 heteroatoms. The molecule has 2 aromatic heterocycles. The van der Waals surface area contributed by atoms with Crippen LogP contribution in [0, 0.1) is 5.82 Å². The molecule has 7 nitrogen and oxygen atoms in total. The molecule has 1 aliphatic heterocycles. The van der Waals surface area contributed by atoms with Gasteiger partial charge in [0.05, 0.1) is 6.20 Å². The lowest BCUT2D eigenvalue weighted by molar-refractivity contribution is 0.0922. The summed E-state index contributed by atoms with van der Waals surface area (Å²) >= 11 is 0. The summed E-state index contributed by atoms with van der Waals surface area (Å²) in [6, 6.07) is 8.90. The van der Waals surface area contributed by atoms with Crippen LogP contribution in [0.5, 0.6) is 0 Å². The molecule has 2 aliphatic rings. The molecule has 0 atom stereocenters. The van der Waals surface area contributed by atoms with E-state index in [2.05, 4.69) is 25.4 Å². The van der Waals surface area contributed by atoms with Gasteiger partial charge in [-0.2, -0.15) is 10.2 Å². The minimum Gasteiger partial charge on any atom is -0.348 e. The molecule has 1 saturated heterocycles. The Morgan fingerprint density at radius 2 is 1.94 bits per heavy atom. The van der Waals surface area contributed by atoms with Gasteiger partial charge >= 0.3 is 0 Å². The van der Waals surface area contributed by atoms with Crippen molar-refractivity contribution in [3.05, 3.63) is 65.4 Å². The van der Waals surface area contributed by atoms with Gasteiger partial charge in [-0.25, -0.2) is 9.37 Å². The molecule has 3 heterocycles. The second-order valence-electron chi connectivity index (χ2n) is 9.67. The lowest BCUT2D eigenvalue weighted by Crippen LogP contribution is -2.48. The highest BCUT2D eigenvalue weighted by Gasteiger charge is 2.33. The van der Waals surface area contributed by atoms with E-state index in [0.29, 0.717) is 6.54 Å². The maximum atomic E-state index is 14.7. The fourth-order valence-electron chi connectivity index (χ4n) is 5.26. The maximum Gasteiger partial charge on any atom is 0.270 e. The third-order valence-corrected chi connectivity index (χ3v) is 7.35. The molecule has 0 spiro atoms. The number of halogens is 1. The molecule has 1 aromatic carbocycles. The Balaban J connectivity index is 1.36. The lowest BCUT2D eigenvalue weighted by Gasteiger charge is -2.39. The average molecular weight is 463 g/mol.